The van der Waals surface area contributed by atoms with E-state index in [2.05, 4.69) is 14.0 Å². The van der Waals surface area contributed by atoms with Gasteiger partial charge in [0.2, 0.25) is 0 Å². The Hall–Kier alpha value is -0.410. The predicted molar refractivity (Wildman–Crippen MR) is 93.7 cm³/mol. The van der Waals surface area contributed by atoms with Gasteiger partial charge in [0.25, 0.3) is 0 Å². The van der Waals surface area contributed by atoms with E-state index in [0.29, 0.717) is 0 Å². The Labute approximate surface area is 132 Å². The summed E-state index contributed by atoms with van der Waals surface area (Å²) in [5.74, 6) is 1.40. The molecular formula is C18H38N3+. The van der Waals surface area contributed by atoms with Gasteiger partial charge in [-0.15, -0.1) is 0 Å². The molecule has 124 valence electrons. The second-order valence-corrected chi connectivity index (χ2v) is 6.86. The fourth-order valence-corrected chi connectivity index (χ4v) is 3.34. The number of hydrogen-bond acceptors (Lipinski definition) is 2. The highest BCUT2D eigenvalue weighted by atomic mass is 15.4. The number of rotatable bonds is 13. The lowest BCUT2D eigenvalue weighted by Gasteiger charge is -2.29. The second-order valence-electron chi connectivity index (χ2n) is 6.86. The van der Waals surface area contributed by atoms with Crippen molar-refractivity contribution >= 4 is 5.84 Å². The van der Waals surface area contributed by atoms with E-state index in [9.17, 15) is 0 Å². The molecule has 0 bridgehead atoms. The summed E-state index contributed by atoms with van der Waals surface area (Å²) in [5, 5.41) is 0. The van der Waals surface area contributed by atoms with Crippen LogP contribution in [0.3, 0.4) is 0 Å². The van der Waals surface area contributed by atoms with E-state index >= 15 is 0 Å². The molecule has 1 atom stereocenters. The molecule has 1 aliphatic heterocycles. The number of quaternary nitrogens is 1. The van der Waals surface area contributed by atoms with Gasteiger partial charge in [0, 0.05) is 13.0 Å². The normalized spacial score (nSPS) is 21.8. The van der Waals surface area contributed by atoms with Gasteiger partial charge < -0.3 is 5.73 Å². The summed E-state index contributed by atoms with van der Waals surface area (Å²) in [4.78, 5) is 4.72. The molecule has 1 aliphatic rings. The summed E-state index contributed by atoms with van der Waals surface area (Å²) in [5.41, 5.74) is 5.74. The molecule has 2 N–H and O–H groups in total. The molecule has 1 rings (SSSR count). The third-order valence-electron chi connectivity index (χ3n) is 4.89. The summed E-state index contributed by atoms with van der Waals surface area (Å²) in [6.07, 6.45) is 15.2. The Balaban J connectivity index is 1.97. The minimum atomic E-state index is 0.771. The molecule has 0 aromatic carbocycles. The molecule has 21 heavy (non-hydrogen) atoms. The number of unbranched alkanes of at least 4 members (excludes halogenated alkanes) is 9. The zero-order chi connectivity index (χ0) is 15.4. The first-order valence-corrected chi connectivity index (χ1v) is 9.31. The molecule has 0 radical (unpaired) electrons. The lowest BCUT2D eigenvalue weighted by molar-refractivity contribution is -0.813. The largest absolute Gasteiger partial charge is 0.326 e. The molecule has 0 saturated carbocycles. The molecule has 0 aliphatic carbocycles. The maximum atomic E-state index is 5.74. The first-order valence-electron chi connectivity index (χ1n) is 9.31. The Morgan fingerprint density at radius 3 is 2.10 bits per heavy atom. The van der Waals surface area contributed by atoms with Crippen molar-refractivity contribution in [2.45, 2.75) is 77.6 Å². The Kier molecular flexibility index (Phi) is 9.94. The molecule has 0 aromatic rings. The second kappa shape index (κ2) is 11.2. The van der Waals surface area contributed by atoms with Crippen molar-refractivity contribution in [1.29, 1.82) is 0 Å². The topological polar surface area (TPSA) is 38.4 Å². The monoisotopic (exact) mass is 296 g/mol. The first kappa shape index (κ1) is 18.6. The van der Waals surface area contributed by atoms with Crippen molar-refractivity contribution in [2.24, 2.45) is 10.7 Å². The minimum Gasteiger partial charge on any atom is -0.326 e. The number of likely N-dealkylation sites (N-methyl/N-ethyl adjacent to an activating group) is 1. The van der Waals surface area contributed by atoms with Crippen molar-refractivity contribution in [3.8, 4) is 0 Å². The van der Waals surface area contributed by atoms with Gasteiger partial charge in [-0.3, -0.25) is 4.48 Å². The van der Waals surface area contributed by atoms with Gasteiger partial charge in [0.15, 0.2) is 5.84 Å². The summed E-state index contributed by atoms with van der Waals surface area (Å²) >= 11 is 0. The Morgan fingerprint density at radius 1 is 0.952 bits per heavy atom. The van der Waals surface area contributed by atoms with Gasteiger partial charge in [0.1, 0.15) is 6.54 Å². The van der Waals surface area contributed by atoms with Gasteiger partial charge >= 0.3 is 0 Å². The van der Waals surface area contributed by atoms with Crippen LogP contribution in [0.15, 0.2) is 4.99 Å². The summed E-state index contributed by atoms with van der Waals surface area (Å²) in [7, 11) is 2.30. The zero-order valence-corrected chi connectivity index (χ0v) is 14.6. The predicted octanol–water partition coefficient (Wildman–Crippen LogP) is 4.11. The highest BCUT2D eigenvalue weighted by molar-refractivity contribution is 5.76. The average molecular weight is 297 g/mol. The van der Waals surface area contributed by atoms with Gasteiger partial charge in [-0.25, -0.2) is 4.99 Å². The standard InChI is InChI=1S/C18H38N3/c1-3-4-5-6-7-8-9-10-11-12-13-18-20-15-17-21(18,2)16-14-19/h3-17,19H2,1-2H3/q+1. The van der Waals surface area contributed by atoms with Crippen LogP contribution in [0.5, 0.6) is 0 Å². The van der Waals surface area contributed by atoms with E-state index in [0.717, 1.165) is 30.7 Å². The Bertz CT molecular complexity index is 288. The molecule has 0 saturated heterocycles. The summed E-state index contributed by atoms with van der Waals surface area (Å²) in [6, 6.07) is 0. The van der Waals surface area contributed by atoms with E-state index in [4.69, 9.17) is 10.7 Å². The number of nitrogens with zero attached hydrogens (tertiary/aromatic N) is 2. The highest BCUT2D eigenvalue weighted by Crippen LogP contribution is 2.17. The Morgan fingerprint density at radius 2 is 1.52 bits per heavy atom. The van der Waals surface area contributed by atoms with Crippen LogP contribution < -0.4 is 5.73 Å². The van der Waals surface area contributed by atoms with E-state index in [1.807, 2.05) is 0 Å². The van der Waals surface area contributed by atoms with Crippen molar-refractivity contribution < 1.29 is 4.48 Å². The fraction of sp³-hybridized carbons (Fsp3) is 0.944. The third-order valence-corrected chi connectivity index (χ3v) is 4.89. The van der Waals surface area contributed by atoms with Crippen LogP contribution in [0.25, 0.3) is 0 Å². The smallest absolute Gasteiger partial charge is 0.198 e. The number of nitrogens with two attached hydrogens (primary N) is 1. The third kappa shape index (κ3) is 7.42. The molecular weight excluding hydrogens is 258 g/mol. The summed E-state index contributed by atoms with van der Waals surface area (Å²) in [6.45, 7) is 6.27. The van der Waals surface area contributed by atoms with Crippen molar-refractivity contribution in [3.63, 3.8) is 0 Å². The molecule has 0 fully saturated rings. The molecule has 1 heterocycles. The van der Waals surface area contributed by atoms with Crippen LogP contribution in [0.1, 0.15) is 77.6 Å². The molecule has 1 unspecified atom stereocenters. The zero-order valence-electron chi connectivity index (χ0n) is 14.6. The van der Waals surface area contributed by atoms with E-state index in [1.165, 1.54) is 76.5 Å². The fourth-order valence-electron chi connectivity index (χ4n) is 3.34. The quantitative estimate of drug-likeness (QED) is 0.403. The van der Waals surface area contributed by atoms with Crippen LogP contribution in [-0.2, 0) is 0 Å². The van der Waals surface area contributed by atoms with Crippen LogP contribution in [0.2, 0.25) is 0 Å². The van der Waals surface area contributed by atoms with E-state index < -0.39 is 0 Å². The van der Waals surface area contributed by atoms with Crippen LogP contribution in [-0.4, -0.2) is 43.5 Å². The van der Waals surface area contributed by atoms with Crippen molar-refractivity contribution in [1.82, 2.24) is 0 Å². The lowest BCUT2D eigenvalue weighted by Crippen LogP contribution is -2.49. The van der Waals surface area contributed by atoms with Crippen LogP contribution in [0, 0.1) is 0 Å². The SMILES string of the molecule is CCCCCCCCCCCCC1=NCC[N+]1(C)CCN. The number of amidine groups is 1. The van der Waals surface area contributed by atoms with Crippen molar-refractivity contribution in [2.75, 3.05) is 33.2 Å². The van der Waals surface area contributed by atoms with Gasteiger partial charge in [-0.1, -0.05) is 64.7 Å². The average Bonchev–Trinajstić information content (AvgIpc) is 2.82. The highest BCUT2D eigenvalue weighted by Gasteiger charge is 2.31. The van der Waals surface area contributed by atoms with Crippen LogP contribution >= 0.6 is 0 Å². The van der Waals surface area contributed by atoms with E-state index in [-0.39, 0.29) is 0 Å². The molecule has 0 amide bonds. The first-order chi connectivity index (χ1) is 10.2. The molecule has 0 aromatic heterocycles. The summed E-state index contributed by atoms with van der Waals surface area (Å²) < 4.78 is 1.01. The molecule has 3 heteroatoms. The maximum absolute atomic E-state index is 5.74. The van der Waals surface area contributed by atoms with E-state index in [1.54, 1.807) is 0 Å². The van der Waals surface area contributed by atoms with Crippen molar-refractivity contribution in [3.05, 3.63) is 0 Å². The van der Waals surface area contributed by atoms with Gasteiger partial charge in [-0.05, 0) is 6.42 Å². The molecule has 0 spiro atoms. The maximum Gasteiger partial charge on any atom is 0.198 e. The number of aliphatic imine (C=N–C) groups is 1. The lowest BCUT2D eigenvalue weighted by atomic mass is 10.1. The van der Waals surface area contributed by atoms with Gasteiger partial charge in [0.05, 0.1) is 20.1 Å². The minimum absolute atomic E-state index is 0.771. The number of hydrogen-bond donors (Lipinski definition) is 1. The molecule has 3 nitrogen and oxygen atoms in total. The van der Waals surface area contributed by atoms with Gasteiger partial charge in [-0.2, -0.15) is 0 Å². The van der Waals surface area contributed by atoms with Crippen LogP contribution in [0.4, 0.5) is 0 Å².